The Morgan fingerprint density at radius 3 is 2.67 bits per heavy atom. The second kappa shape index (κ2) is 3.51. The second-order valence-electron chi connectivity index (χ2n) is 2.71. The summed E-state index contributed by atoms with van der Waals surface area (Å²) >= 11 is 0. The van der Waals surface area contributed by atoms with Crippen LogP contribution in [0.2, 0.25) is 0 Å². The van der Waals surface area contributed by atoms with Crippen LogP contribution in [0.3, 0.4) is 0 Å². The summed E-state index contributed by atoms with van der Waals surface area (Å²) in [6.45, 7) is -0.339. The first kappa shape index (κ1) is 8.96. The van der Waals surface area contributed by atoms with E-state index in [1.165, 1.54) is 4.68 Å². The van der Waals surface area contributed by atoms with E-state index < -0.39 is 6.43 Å². The Morgan fingerprint density at radius 1 is 1.58 bits per heavy atom. The third-order valence-corrected chi connectivity index (χ3v) is 1.46. The van der Waals surface area contributed by atoms with Gasteiger partial charge < -0.3 is 4.90 Å². The number of alkyl halides is 2. The molecule has 0 fully saturated rings. The van der Waals surface area contributed by atoms with Gasteiger partial charge in [0.05, 0.1) is 11.9 Å². The van der Waals surface area contributed by atoms with Crippen LogP contribution in [-0.2, 0) is 6.54 Å². The highest BCUT2D eigenvalue weighted by Gasteiger charge is 2.05. The maximum Gasteiger partial charge on any atom is 0.257 e. The quantitative estimate of drug-likeness (QED) is 0.688. The first-order valence-electron chi connectivity index (χ1n) is 3.57. The van der Waals surface area contributed by atoms with Crippen LogP contribution in [0.25, 0.3) is 0 Å². The molecular weight excluding hydrogens is 164 g/mol. The average molecular weight is 175 g/mol. The van der Waals surface area contributed by atoms with Crippen LogP contribution in [0.1, 0.15) is 0 Å². The highest BCUT2D eigenvalue weighted by atomic mass is 19.3. The molecule has 0 radical (unpaired) electrons. The number of anilines is 1. The van der Waals surface area contributed by atoms with Crippen LogP contribution in [0.4, 0.5) is 14.5 Å². The Labute approximate surface area is 69.6 Å². The van der Waals surface area contributed by atoms with Gasteiger partial charge in [0.2, 0.25) is 0 Å². The van der Waals surface area contributed by atoms with Crippen molar-refractivity contribution >= 4 is 5.69 Å². The Morgan fingerprint density at radius 2 is 2.25 bits per heavy atom. The van der Waals surface area contributed by atoms with Crippen LogP contribution < -0.4 is 4.90 Å². The molecule has 0 spiro atoms. The van der Waals surface area contributed by atoms with Crippen molar-refractivity contribution in [2.24, 2.45) is 0 Å². The van der Waals surface area contributed by atoms with Crippen LogP contribution >= 0.6 is 0 Å². The SMILES string of the molecule is CN(C)c1cnn(CC(F)F)c1. The Kier molecular flexibility index (Phi) is 2.62. The molecule has 3 nitrogen and oxygen atoms in total. The lowest BCUT2D eigenvalue weighted by molar-refractivity contribution is 0.122. The standard InChI is InChI=1S/C7H11F2N3/c1-11(2)6-3-10-12(4-6)5-7(8)9/h3-4,7H,5H2,1-2H3. The molecule has 1 heterocycles. The summed E-state index contributed by atoms with van der Waals surface area (Å²) in [7, 11) is 3.67. The van der Waals surface area contributed by atoms with Crippen LogP contribution in [0.15, 0.2) is 12.4 Å². The first-order valence-corrected chi connectivity index (χ1v) is 3.57. The number of nitrogens with zero attached hydrogens (tertiary/aromatic N) is 3. The molecule has 0 aliphatic carbocycles. The summed E-state index contributed by atoms with van der Waals surface area (Å²) in [5, 5.41) is 3.77. The minimum atomic E-state index is -2.35. The molecule has 0 N–H and O–H groups in total. The van der Waals surface area contributed by atoms with Crippen molar-refractivity contribution in [1.82, 2.24) is 9.78 Å². The Balaban J connectivity index is 2.64. The van der Waals surface area contributed by atoms with Crippen molar-refractivity contribution in [3.05, 3.63) is 12.4 Å². The largest absolute Gasteiger partial charge is 0.375 e. The van der Waals surface area contributed by atoms with Crippen molar-refractivity contribution in [2.45, 2.75) is 13.0 Å². The van der Waals surface area contributed by atoms with Gasteiger partial charge in [0.25, 0.3) is 6.43 Å². The predicted molar refractivity (Wildman–Crippen MR) is 42.6 cm³/mol. The summed E-state index contributed by atoms with van der Waals surface area (Å²) in [5.74, 6) is 0. The fourth-order valence-corrected chi connectivity index (χ4v) is 0.825. The summed E-state index contributed by atoms with van der Waals surface area (Å²) in [4.78, 5) is 1.81. The third-order valence-electron chi connectivity index (χ3n) is 1.46. The molecule has 1 rings (SSSR count). The monoisotopic (exact) mass is 175 g/mol. The molecular formula is C7H11F2N3. The van der Waals surface area contributed by atoms with Gasteiger partial charge in [-0.3, -0.25) is 4.68 Å². The smallest absolute Gasteiger partial charge is 0.257 e. The van der Waals surface area contributed by atoms with Gasteiger partial charge in [-0.2, -0.15) is 5.10 Å². The maximum atomic E-state index is 11.9. The number of hydrogen-bond acceptors (Lipinski definition) is 2. The predicted octanol–water partition coefficient (Wildman–Crippen LogP) is 1.21. The highest BCUT2D eigenvalue weighted by molar-refractivity contribution is 5.39. The van der Waals surface area contributed by atoms with Gasteiger partial charge in [-0.15, -0.1) is 0 Å². The average Bonchev–Trinajstić information content (AvgIpc) is 2.34. The normalized spacial score (nSPS) is 10.8. The third kappa shape index (κ3) is 2.18. The zero-order valence-electron chi connectivity index (χ0n) is 7.04. The molecule has 1 aromatic heterocycles. The van der Waals surface area contributed by atoms with Gasteiger partial charge in [-0.25, -0.2) is 8.78 Å². The second-order valence-corrected chi connectivity index (χ2v) is 2.71. The lowest BCUT2D eigenvalue weighted by Crippen LogP contribution is -2.08. The lowest BCUT2D eigenvalue weighted by Gasteiger charge is -2.06. The molecule has 1 aromatic rings. The Bertz CT molecular complexity index is 245. The van der Waals surface area contributed by atoms with Gasteiger partial charge >= 0.3 is 0 Å². The van der Waals surface area contributed by atoms with Gasteiger partial charge in [-0.1, -0.05) is 0 Å². The minimum Gasteiger partial charge on any atom is -0.375 e. The van der Waals surface area contributed by atoms with E-state index >= 15 is 0 Å². The molecule has 0 bridgehead atoms. The zero-order chi connectivity index (χ0) is 9.14. The summed E-state index contributed by atoms with van der Waals surface area (Å²) in [5.41, 5.74) is 0.829. The van der Waals surface area contributed by atoms with E-state index in [0.717, 1.165) is 5.69 Å². The van der Waals surface area contributed by atoms with Crippen molar-refractivity contribution in [2.75, 3.05) is 19.0 Å². The van der Waals surface area contributed by atoms with Gasteiger partial charge in [-0.05, 0) is 0 Å². The highest BCUT2D eigenvalue weighted by Crippen LogP contribution is 2.09. The van der Waals surface area contributed by atoms with E-state index in [1.54, 1.807) is 12.4 Å². The molecule has 0 unspecified atom stereocenters. The van der Waals surface area contributed by atoms with Crippen LogP contribution in [-0.4, -0.2) is 30.3 Å². The number of hydrogen-bond donors (Lipinski definition) is 0. The van der Waals surface area contributed by atoms with Crippen molar-refractivity contribution in [3.8, 4) is 0 Å². The summed E-state index contributed by atoms with van der Waals surface area (Å²) < 4.78 is 24.9. The molecule has 5 heteroatoms. The molecule has 0 atom stereocenters. The van der Waals surface area contributed by atoms with Crippen molar-refractivity contribution < 1.29 is 8.78 Å². The maximum absolute atomic E-state index is 11.9. The molecule has 12 heavy (non-hydrogen) atoms. The minimum absolute atomic E-state index is 0.339. The Hall–Kier alpha value is -1.13. The first-order chi connectivity index (χ1) is 5.59. The summed E-state index contributed by atoms with van der Waals surface area (Å²) in [6, 6.07) is 0. The van der Waals surface area contributed by atoms with E-state index in [0.29, 0.717) is 0 Å². The molecule has 0 saturated carbocycles. The van der Waals surface area contributed by atoms with Gasteiger partial charge in [0.1, 0.15) is 6.54 Å². The molecule has 0 aromatic carbocycles. The topological polar surface area (TPSA) is 21.1 Å². The van der Waals surface area contributed by atoms with E-state index in [-0.39, 0.29) is 6.54 Å². The van der Waals surface area contributed by atoms with E-state index in [1.807, 2.05) is 19.0 Å². The van der Waals surface area contributed by atoms with E-state index in [2.05, 4.69) is 5.10 Å². The van der Waals surface area contributed by atoms with Crippen LogP contribution in [0, 0.1) is 0 Å². The molecule has 0 amide bonds. The number of aromatic nitrogens is 2. The number of halogens is 2. The molecule has 0 aliphatic heterocycles. The zero-order valence-corrected chi connectivity index (χ0v) is 7.04. The fourth-order valence-electron chi connectivity index (χ4n) is 0.825. The van der Waals surface area contributed by atoms with E-state index in [9.17, 15) is 8.78 Å². The van der Waals surface area contributed by atoms with E-state index in [4.69, 9.17) is 0 Å². The molecule has 0 saturated heterocycles. The van der Waals surface area contributed by atoms with Crippen molar-refractivity contribution in [3.63, 3.8) is 0 Å². The van der Waals surface area contributed by atoms with Crippen LogP contribution in [0.5, 0.6) is 0 Å². The van der Waals surface area contributed by atoms with Gasteiger partial charge in [0.15, 0.2) is 0 Å². The molecule has 68 valence electrons. The number of rotatable bonds is 3. The molecule has 0 aliphatic rings. The fraction of sp³-hybridized carbons (Fsp3) is 0.571. The summed E-state index contributed by atoms with van der Waals surface area (Å²) in [6.07, 6.45) is 0.800. The van der Waals surface area contributed by atoms with Crippen molar-refractivity contribution in [1.29, 1.82) is 0 Å². The lowest BCUT2D eigenvalue weighted by atomic mass is 10.5. The van der Waals surface area contributed by atoms with Gasteiger partial charge in [0, 0.05) is 20.3 Å².